The van der Waals surface area contributed by atoms with Crippen LogP contribution in [0, 0.1) is 17.3 Å². The molecule has 0 unspecified atom stereocenters. The van der Waals surface area contributed by atoms with Crippen LogP contribution in [-0.2, 0) is 0 Å². The molecule has 2 aliphatic rings. The number of hydrogen-bond donors (Lipinski definition) is 2. The van der Waals surface area contributed by atoms with Crippen molar-refractivity contribution in [1.82, 2.24) is 30.6 Å². The van der Waals surface area contributed by atoms with Gasteiger partial charge in [-0.3, -0.25) is 5.10 Å². The third-order valence-electron chi connectivity index (χ3n) is 5.30. The topological polar surface area (TPSA) is 92.5 Å². The van der Waals surface area contributed by atoms with E-state index in [4.69, 9.17) is 4.52 Å². The van der Waals surface area contributed by atoms with Gasteiger partial charge in [0, 0.05) is 6.04 Å². The number of H-pyrrole nitrogens is 1. The summed E-state index contributed by atoms with van der Waals surface area (Å²) in [4.78, 5) is 8.63. The van der Waals surface area contributed by atoms with Crippen molar-refractivity contribution >= 4 is 0 Å². The molecule has 2 aromatic heterocycles. The molecule has 2 heterocycles. The molecule has 0 saturated heterocycles. The molecule has 4 atom stereocenters. The molecule has 4 rings (SSSR count). The zero-order valence-corrected chi connectivity index (χ0v) is 13.9. The van der Waals surface area contributed by atoms with Gasteiger partial charge in [-0.25, -0.2) is 4.98 Å². The fraction of sp³-hybridized carbons (Fsp3) is 0.750. The second kappa shape index (κ2) is 5.40. The maximum absolute atomic E-state index is 5.56. The predicted molar refractivity (Wildman–Crippen MR) is 84.2 cm³/mol. The Bertz CT molecular complexity index is 658. The van der Waals surface area contributed by atoms with E-state index in [1.54, 1.807) is 0 Å². The second-order valence-corrected chi connectivity index (χ2v) is 8.04. The van der Waals surface area contributed by atoms with Crippen molar-refractivity contribution in [3.05, 3.63) is 12.2 Å². The van der Waals surface area contributed by atoms with Crippen LogP contribution in [0.25, 0.3) is 11.6 Å². The van der Waals surface area contributed by atoms with Gasteiger partial charge in [-0.1, -0.05) is 32.3 Å². The minimum atomic E-state index is -0.00689. The van der Waals surface area contributed by atoms with Gasteiger partial charge >= 0.3 is 0 Å². The van der Waals surface area contributed by atoms with Crippen LogP contribution in [0.3, 0.4) is 0 Å². The van der Waals surface area contributed by atoms with Crippen LogP contribution in [0.15, 0.2) is 10.9 Å². The average Bonchev–Trinajstić information content (AvgIpc) is 3.25. The van der Waals surface area contributed by atoms with Crippen molar-refractivity contribution in [2.24, 2.45) is 17.3 Å². The summed E-state index contributed by atoms with van der Waals surface area (Å²) in [7, 11) is 0. The standard InChI is InChI=1S/C16H24N6O/c1-16(2,3)12(19-11-7-9-4-5-10(11)6-9)15-20-14(22-23-15)13-17-8-18-21-13/h8-12,19H,4-7H2,1-3H3,(H,17,18,21)/t9-,10-,11-,12-/m0/s1. The van der Waals surface area contributed by atoms with Crippen molar-refractivity contribution in [1.29, 1.82) is 0 Å². The van der Waals surface area contributed by atoms with Gasteiger partial charge in [0.1, 0.15) is 6.33 Å². The highest BCUT2D eigenvalue weighted by Crippen LogP contribution is 2.46. The van der Waals surface area contributed by atoms with E-state index in [0.29, 0.717) is 23.6 Å². The lowest BCUT2D eigenvalue weighted by molar-refractivity contribution is 0.177. The van der Waals surface area contributed by atoms with Gasteiger partial charge in [0.2, 0.25) is 11.7 Å². The van der Waals surface area contributed by atoms with Crippen LogP contribution in [0.4, 0.5) is 0 Å². The van der Waals surface area contributed by atoms with Crippen LogP contribution < -0.4 is 5.32 Å². The molecule has 7 heteroatoms. The molecular weight excluding hydrogens is 292 g/mol. The predicted octanol–water partition coefficient (Wildman–Crippen LogP) is 2.72. The molecule has 2 saturated carbocycles. The Morgan fingerprint density at radius 3 is 2.78 bits per heavy atom. The van der Waals surface area contributed by atoms with Crippen molar-refractivity contribution in [2.75, 3.05) is 0 Å². The summed E-state index contributed by atoms with van der Waals surface area (Å²) in [5, 5.41) is 14.5. The molecule has 2 N–H and O–H groups in total. The minimum absolute atomic E-state index is 0.00689. The maximum Gasteiger partial charge on any atom is 0.244 e. The summed E-state index contributed by atoms with van der Waals surface area (Å²) in [6.45, 7) is 6.61. The number of nitrogens with one attached hydrogen (secondary N) is 2. The summed E-state index contributed by atoms with van der Waals surface area (Å²) in [5.41, 5.74) is -0.00689. The quantitative estimate of drug-likeness (QED) is 0.901. The van der Waals surface area contributed by atoms with Crippen LogP contribution in [0.2, 0.25) is 0 Å². The number of aromatic nitrogens is 5. The fourth-order valence-electron chi connectivity index (χ4n) is 4.12. The number of fused-ring (bicyclic) bond motifs is 2. The molecule has 2 aromatic rings. The Morgan fingerprint density at radius 2 is 2.17 bits per heavy atom. The number of rotatable bonds is 4. The first-order valence-electron chi connectivity index (χ1n) is 8.46. The highest BCUT2D eigenvalue weighted by atomic mass is 16.5. The Labute approximate surface area is 135 Å². The lowest BCUT2D eigenvalue weighted by Crippen LogP contribution is -2.42. The Hall–Kier alpha value is -1.76. The highest BCUT2D eigenvalue weighted by molar-refractivity contribution is 5.39. The summed E-state index contributed by atoms with van der Waals surface area (Å²) in [6.07, 6.45) is 6.85. The number of hydrogen-bond acceptors (Lipinski definition) is 6. The van der Waals surface area contributed by atoms with E-state index in [-0.39, 0.29) is 11.5 Å². The molecule has 0 aliphatic heterocycles. The zero-order valence-electron chi connectivity index (χ0n) is 13.9. The Kier molecular flexibility index (Phi) is 3.48. The molecule has 2 aliphatic carbocycles. The first-order valence-corrected chi connectivity index (χ1v) is 8.46. The van der Waals surface area contributed by atoms with E-state index in [1.165, 1.54) is 32.0 Å². The van der Waals surface area contributed by atoms with Crippen LogP contribution in [-0.4, -0.2) is 31.4 Å². The SMILES string of the molecule is CC(C)(C)[C@@H](N[C@H]1C[C@H]2CC[C@H]1C2)c1nc(-c2ncn[nH]2)no1. The monoisotopic (exact) mass is 316 g/mol. The third kappa shape index (κ3) is 2.78. The summed E-state index contributed by atoms with van der Waals surface area (Å²) in [5.74, 6) is 3.34. The summed E-state index contributed by atoms with van der Waals surface area (Å²) in [6, 6.07) is 0.606. The largest absolute Gasteiger partial charge is 0.337 e. The molecule has 23 heavy (non-hydrogen) atoms. The van der Waals surface area contributed by atoms with Gasteiger partial charge < -0.3 is 9.84 Å². The summed E-state index contributed by atoms with van der Waals surface area (Å²) < 4.78 is 5.56. The smallest absolute Gasteiger partial charge is 0.244 e. The van der Waals surface area contributed by atoms with Gasteiger partial charge in [-0.2, -0.15) is 10.1 Å². The van der Waals surface area contributed by atoms with Gasteiger partial charge in [-0.15, -0.1) is 0 Å². The molecule has 2 fully saturated rings. The van der Waals surface area contributed by atoms with E-state index in [0.717, 1.165) is 11.8 Å². The highest BCUT2D eigenvalue weighted by Gasteiger charge is 2.43. The van der Waals surface area contributed by atoms with Gasteiger partial charge in [0.15, 0.2) is 5.82 Å². The van der Waals surface area contributed by atoms with Crippen molar-refractivity contribution < 1.29 is 4.52 Å². The lowest BCUT2D eigenvalue weighted by atomic mass is 9.84. The molecule has 0 amide bonds. The fourth-order valence-corrected chi connectivity index (χ4v) is 4.12. The van der Waals surface area contributed by atoms with Crippen molar-refractivity contribution in [3.63, 3.8) is 0 Å². The maximum atomic E-state index is 5.56. The van der Waals surface area contributed by atoms with E-state index < -0.39 is 0 Å². The second-order valence-electron chi connectivity index (χ2n) is 8.04. The minimum Gasteiger partial charge on any atom is -0.337 e. The van der Waals surface area contributed by atoms with E-state index in [2.05, 4.69) is 51.4 Å². The van der Waals surface area contributed by atoms with E-state index in [1.807, 2.05) is 0 Å². The first-order chi connectivity index (χ1) is 11.0. The average molecular weight is 316 g/mol. The molecule has 7 nitrogen and oxygen atoms in total. The van der Waals surface area contributed by atoms with Gasteiger partial charge in [-0.05, 0) is 36.5 Å². The first kappa shape index (κ1) is 14.8. The number of nitrogens with zero attached hydrogens (tertiary/aromatic N) is 4. The zero-order chi connectivity index (χ0) is 16.0. The van der Waals surface area contributed by atoms with Crippen molar-refractivity contribution in [2.45, 2.75) is 58.5 Å². The molecule has 2 bridgehead atoms. The Morgan fingerprint density at radius 1 is 1.30 bits per heavy atom. The molecule has 124 valence electrons. The number of aromatic amines is 1. The van der Waals surface area contributed by atoms with Crippen LogP contribution in [0.5, 0.6) is 0 Å². The molecule has 0 spiro atoms. The van der Waals surface area contributed by atoms with E-state index in [9.17, 15) is 0 Å². The normalized spacial score (nSPS) is 28.4. The van der Waals surface area contributed by atoms with E-state index >= 15 is 0 Å². The Balaban J connectivity index is 1.56. The third-order valence-corrected chi connectivity index (χ3v) is 5.30. The van der Waals surface area contributed by atoms with Gasteiger partial charge in [0.25, 0.3) is 0 Å². The summed E-state index contributed by atoms with van der Waals surface area (Å²) >= 11 is 0. The lowest BCUT2D eigenvalue weighted by Gasteiger charge is -2.34. The molecular formula is C16H24N6O. The molecule has 0 aromatic carbocycles. The molecule has 0 radical (unpaired) electrons. The van der Waals surface area contributed by atoms with Crippen molar-refractivity contribution in [3.8, 4) is 11.6 Å². The van der Waals surface area contributed by atoms with Gasteiger partial charge in [0.05, 0.1) is 6.04 Å². The van der Waals surface area contributed by atoms with Crippen LogP contribution in [0.1, 0.15) is 58.4 Å². The van der Waals surface area contributed by atoms with Crippen LogP contribution >= 0.6 is 0 Å².